The molecule has 0 radical (unpaired) electrons. The number of carbonyl (C=O) groups is 1. The topological polar surface area (TPSA) is 59.0 Å². The molecule has 0 unspecified atom stereocenters. The van der Waals surface area contributed by atoms with E-state index < -0.39 is 0 Å². The average molecular weight is 272 g/mol. The highest BCUT2D eigenvalue weighted by atomic mass is 16.1. The summed E-state index contributed by atoms with van der Waals surface area (Å²) in [5, 5.41) is 10.3. The van der Waals surface area contributed by atoms with Crippen molar-refractivity contribution < 1.29 is 4.79 Å². The van der Waals surface area contributed by atoms with Crippen molar-refractivity contribution in [2.75, 3.05) is 12.4 Å². The number of benzene rings is 1. The lowest BCUT2D eigenvalue weighted by molar-refractivity contribution is 0.0951. The fourth-order valence-electron chi connectivity index (χ4n) is 2.19. The van der Waals surface area contributed by atoms with Gasteiger partial charge in [0, 0.05) is 43.7 Å². The Morgan fingerprint density at radius 3 is 2.65 bits per heavy atom. The molecule has 20 heavy (non-hydrogen) atoms. The summed E-state index contributed by atoms with van der Waals surface area (Å²) in [6.45, 7) is 4.41. The van der Waals surface area contributed by atoms with Gasteiger partial charge in [-0.1, -0.05) is 0 Å². The molecule has 5 heteroatoms. The molecule has 1 heterocycles. The molecule has 2 rings (SSSR count). The number of aromatic nitrogens is 2. The highest BCUT2D eigenvalue weighted by Crippen LogP contribution is 2.15. The van der Waals surface area contributed by atoms with E-state index in [2.05, 4.69) is 15.7 Å². The molecular formula is C15H20N4O. The summed E-state index contributed by atoms with van der Waals surface area (Å²) in [4.78, 5) is 12.1. The van der Waals surface area contributed by atoms with E-state index in [1.54, 1.807) is 4.68 Å². The number of hydrogen-bond donors (Lipinski definition) is 2. The van der Waals surface area contributed by atoms with Crippen molar-refractivity contribution in [3.05, 3.63) is 46.8 Å². The zero-order chi connectivity index (χ0) is 14.7. The first-order chi connectivity index (χ1) is 9.51. The van der Waals surface area contributed by atoms with Crippen LogP contribution in [0, 0.1) is 13.8 Å². The molecule has 0 aliphatic carbocycles. The number of aryl methyl sites for hydroxylation is 3. The molecule has 1 amide bonds. The summed E-state index contributed by atoms with van der Waals surface area (Å²) < 4.78 is 1.75. The molecule has 0 saturated carbocycles. The van der Waals surface area contributed by atoms with Crippen molar-refractivity contribution in [2.45, 2.75) is 20.4 Å². The van der Waals surface area contributed by atoms with E-state index in [1.807, 2.05) is 52.3 Å². The molecule has 0 aliphatic heterocycles. The van der Waals surface area contributed by atoms with Gasteiger partial charge in [-0.2, -0.15) is 5.10 Å². The first kappa shape index (κ1) is 14.1. The number of anilines is 1. The Morgan fingerprint density at radius 2 is 2.10 bits per heavy atom. The maximum atomic E-state index is 12.1. The van der Waals surface area contributed by atoms with E-state index in [4.69, 9.17) is 0 Å². The Balaban J connectivity index is 2.05. The minimum Gasteiger partial charge on any atom is -0.388 e. The maximum absolute atomic E-state index is 12.1. The maximum Gasteiger partial charge on any atom is 0.251 e. The highest BCUT2D eigenvalue weighted by Gasteiger charge is 2.09. The molecule has 0 atom stereocenters. The molecule has 0 spiro atoms. The molecule has 5 nitrogen and oxygen atoms in total. The lowest BCUT2D eigenvalue weighted by Gasteiger charge is -2.08. The standard InChI is InChI=1S/C15H20N4O/c1-10-7-12(5-6-14(10)16-3)15(20)17-8-13-9-19(4)18-11(13)2/h5-7,9,16H,8H2,1-4H3,(H,17,20). The molecule has 0 saturated heterocycles. The number of carbonyl (C=O) groups excluding carboxylic acids is 1. The number of nitrogens with one attached hydrogen (secondary N) is 2. The summed E-state index contributed by atoms with van der Waals surface area (Å²) in [5.41, 5.74) is 4.73. The van der Waals surface area contributed by atoms with Gasteiger partial charge in [0.2, 0.25) is 0 Å². The largest absolute Gasteiger partial charge is 0.388 e. The summed E-state index contributed by atoms with van der Waals surface area (Å²) >= 11 is 0. The number of rotatable bonds is 4. The van der Waals surface area contributed by atoms with Crippen LogP contribution in [0.3, 0.4) is 0 Å². The zero-order valence-electron chi connectivity index (χ0n) is 12.3. The van der Waals surface area contributed by atoms with Crippen LogP contribution in [0.25, 0.3) is 0 Å². The predicted molar refractivity (Wildman–Crippen MR) is 79.8 cm³/mol. The quantitative estimate of drug-likeness (QED) is 0.895. The number of amides is 1. The fraction of sp³-hybridized carbons (Fsp3) is 0.333. The van der Waals surface area contributed by atoms with Crippen LogP contribution in [0.5, 0.6) is 0 Å². The molecule has 0 aliphatic rings. The van der Waals surface area contributed by atoms with Gasteiger partial charge in [0.1, 0.15) is 0 Å². The smallest absolute Gasteiger partial charge is 0.251 e. The summed E-state index contributed by atoms with van der Waals surface area (Å²) in [5.74, 6) is -0.0704. The van der Waals surface area contributed by atoms with Gasteiger partial charge in [0.15, 0.2) is 0 Å². The van der Waals surface area contributed by atoms with Gasteiger partial charge in [-0.15, -0.1) is 0 Å². The molecule has 1 aromatic heterocycles. The van der Waals surface area contributed by atoms with Crippen molar-refractivity contribution in [3.8, 4) is 0 Å². The molecule has 0 bridgehead atoms. The van der Waals surface area contributed by atoms with Gasteiger partial charge in [-0.3, -0.25) is 9.48 Å². The summed E-state index contributed by atoms with van der Waals surface area (Å²) in [6, 6.07) is 5.63. The van der Waals surface area contributed by atoms with E-state index in [0.29, 0.717) is 12.1 Å². The average Bonchev–Trinajstić information content (AvgIpc) is 2.74. The van der Waals surface area contributed by atoms with Crippen molar-refractivity contribution in [1.82, 2.24) is 15.1 Å². The zero-order valence-corrected chi connectivity index (χ0v) is 12.3. The number of hydrogen-bond acceptors (Lipinski definition) is 3. The minimum atomic E-state index is -0.0704. The van der Waals surface area contributed by atoms with Crippen LogP contribution in [0.2, 0.25) is 0 Å². The molecular weight excluding hydrogens is 252 g/mol. The molecule has 106 valence electrons. The molecule has 0 fully saturated rings. The van der Waals surface area contributed by atoms with Crippen LogP contribution in [-0.4, -0.2) is 22.7 Å². The van der Waals surface area contributed by atoms with Gasteiger partial charge in [0.25, 0.3) is 5.91 Å². The Labute approximate surface area is 119 Å². The van der Waals surface area contributed by atoms with Crippen LogP contribution in [0.15, 0.2) is 24.4 Å². The van der Waals surface area contributed by atoms with Crippen LogP contribution in [0.1, 0.15) is 27.2 Å². The second-order valence-corrected chi connectivity index (χ2v) is 4.88. The third-order valence-corrected chi connectivity index (χ3v) is 3.31. The van der Waals surface area contributed by atoms with Crippen molar-refractivity contribution >= 4 is 11.6 Å². The Hall–Kier alpha value is -2.30. The van der Waals surface area contributed by atoms with Crippen molar-refractivity contribution in [1.29, 1.82) is 0 Å². The second-order valence-electron chi connectivity index (χ2n) is 4.88. The van der Waals surface area contributed by atoms with Gasteiger partial charge in [-0.05, 0) is 37.6 Å². The van der Waals surface area contributed by atoms with E-state index in [0.717, 1.165) is 22.5 Å². The molecule has 2 aromatic rings. The van der Waals surface area contributed by atoms with Crippen LogP contribution >= 0.6 is 0 Å². The van der Waals surface area contributed by atoms with E-state index in [9.17, 15) is 4.79 Å². The van der Waals surface area contributed by atoms with Crippen LogP contribution in [-0.2, 0) is 13.6 Å². The van der Waals surface area contributed by atoms with Gasteiger partial charge < -0.3 is 10.6 Å². The van der Waals surface area contributed by atoms with Crippen LogP contribution in [0.4, 0.5) is 5.69 Å². The second kappa shape index (κ2) is 5.77. The van der Waals surface area contributed by atoms with Gasteiger partial charge in [0.05, 0.1) is 5.69 Å². The van der Waals surface area contributed by atoms with Crippen molar-refractivity contribution in [2.24, 2.45) is 7.05 Å². The SMILES string of the molecule is CNc1ccc(C(=O)NCc2cn(C)nc2C)cc1C. The van der Waals surface area contributed by atoms with Crippen LogP contribution < -0.4 is 10.6 Å². The lowest BCUT2D eigenvalue weighted by atomic mass is 10.1. The Kier molecular flexibility index (Phi) is 4.08. The number of nitrogens with zero attached hydrogens (tertiary/aromatic N) is 2. The molecule has 2 N–H and O–H groups in total. The van der Waals surface area contributed by atoms with E-state index >= 15 is 0 Å². The van der Waals surface area contributed by atoms with E-state index in [1.165, 1.54) is 0 Å². The Bertz CT molecular complexity index is 631. The van der Waals surface area contributed by atoms with Crippen molar-refractivity contribution in [3.63, 3.8) is 0 Å². The third kappa shape index (κ3) is 2.99. The minimum absolute atomic E-state index is 0.0704. The van der Waals surface area contributed by atoms with Gasteiger partial charge >= 0.3 is 0 Å². The van der Waals surface area contributed by atoms with Gasteiger partial charge in [-0.25, -0.2) is 0 Å². The molecule has 1 aromatic carbocycles. The first-order valence-corrected chi connectivity index (χ1v) is 6.57. The Morgan fingerprint density at radius 1 is 1.35 bits per heavy atom. The fourth-order valence-corrected chi connectivity index (χ4v) is 2.19. The third-order valence-electron chi connectivity index (χ3n) is 3.31. The summed E-state index contributed by atoms with van der Waals surface area (Å²) in [6.07, 6.45) is 1.92. The highest BCUT2D eigenvalue weighted by molar-refractivity contribution is 5.94. The monoisotopic (exact) mass is 272 g/mol. The lowest BCUT2D eigenvalue weighted by Crippen LogP contribution is -2.23. The predicted octanol–water partition coefficient (Wildman–Crippen LogP) is 2.01. The first-order valence-electron chi connectivity index (χ1n) is 6.57. The normalized spacial score (nSPS) is 10.4. The van der Waals surface area contributed by atoms with E-state index in [-0.39, 0.29) is 5.91 Å². The summed E-state index contributed by atoms with van der Waals surface area (Å²) in [7, 11) is 3.74.